The van der Waals surface area contributed by atoms with Gasteiger partial charge in [0.15, 0.2) is 0 Å². The minimum absolute atomic E-state index is 0.0377. The van der Waals surface area contributed by atoms with Gasteiger partial charge in [0.25, 0.3) is 0 Å². The van der Waals surface area contributed by atoms with Gasteiger partial charge in [-0.25, -0.2) is 4.98 Å². The molecule has 0 fully saturated rings. The van der Waals surface area contributed by atoms with Crippen LogP contribution in [-0.2, 0) is 4.79 Å². The molecule has 0 aromatic carbocycles. The minimum atomic E-state index is -0.801. The summed E-state index contributed by atoms with van der Waals surface area (Å²) in [4.78, 5) is 19.6. The van der Waals surface area contributed by atoms with Gasteiger partial charge in [0.1, 0.15) is 11.6 Å². The first-order valence-corrected chi connectivity index (χ1v) is 6.57. The maximum Gasteiger partial charge on any atom is 0.308 e. The number of nitrogens with zero attached hydrogens (tertiary/aromatic N) is 2. The molecule has 0 saturated carbocycles. The van der Waals surface area contributed by atoms with Crippen LogP contribution in [-0.4, -0.2) is 34.7 Å². The number of hydrogen-bond acceptors (Lipinski definition) is 5. The second kappa shape index (κ2) is 6.54. The van der Waals surface area contributed by atoms with Crippen molar-refractivity contribution in [3.8, 4) is 5.88 Å². The summed E-state index contributed by atoms with van der Waals surface area (Å²) in [5.41, 5.74) is -0.0377. The van der Waals surface area contributed by atoms with Crippen molar-refractivity contribution in [2.75, 3.05) is 19.0 Å². The Bertz CT molecular complexity index is 469. The van der Waals surface area contributed by atoms with Gasteiger partial charge in [-0.05, 0) is 18.8 Å². The van der Waals surface area contributed by atoms with Gasteiger partial charge in [-0.2, -0.15) is 4.98 Å². The predicted octanol–water partition coefficient (Wildman–Crippen LogP) is 2.34. The average Bonchev–Trinajstić information content (AvgIpc) is 2.32. The molecule has 0 aliphatic rings. The molecule has 0 aliphatic heterocycles. The van der Waals surface area contributed by atoms with Crippen LogP contribution in [0.25, 0.3) is 0 Å². The van der Waals surface area contributed by atoms with E-state index in [0.717, 1.165) is 0 Å². The van der Waals surface area contributed by atoms with E-state index < -0.39 is 11.9 Å². The Morgan fingerprint density at radius 3 is 2.60 bits per heavy atom. The van der Waals surface area contributed by atoms with Crippen LogP contribution in [0.5, 0.6) is 5.88 Å². The van der Waals surface area contributed by atoms with Crippen molar-refractivity contribution in [2.45, 2.75) is 34.1 Å². The topological polar surface area (TPSA) is 84.3 Å². The van der Waals surface area contributed by atoms with Crippen LogP contribution in [0, 0.1) is 18.3 Å². The van der Waals surface area contributed by atoms with E-state index in [4.69, 9.17) is 4.74 Å². The number of hydrogen-bond donors (Lipinski definition) is 2. The summed E-state index contributed by atoms with van der Waals surface area (Å²) in [6.45, 7) is 8.17. The normalized spacial score (nSPS) is 12.8. The molecule has 1 atom stereocenters. The minimum Gasteiger partial charge on any atom is -0.481 e. The maximum atomic E-state index is 11.3. The number of aromatic nitrogens is 2. The summed E-state index contributed by atoms with van der Waals surface area (Å²) >= 11 is 0. The molecule has 1 aromatic rings. The van der Waals surface area contributed by atoms with Crippen molar-refractivity contribution in [1.29, 1.82) is 0 Å². The van der Waals surface area contributed by atoms with Gasteiger partial charge in [0, 0.05) is 12.6 Å². The number of nitrogens with one attached hydrogen (secondary N) is 1. The molecule has 1 heterocycles. The third-order valence-corrected chi connectivity index (χ3v) is 2.76. The van der Waals surface area contributed by atoms with E-state index in [1.54, 1.807) is 13.0 Å². The van der Waals surface area contributed by atoms with Gasteiger partial charge in [0.05, 0.1) is 13.0 Å². The highest BCUT2D eigenvalue weighted by molar-refractivity contribution is 5.70. The van der Waals surface area contributed by atoms with Crippen LogP contribution in [0.1, 0.15) is 33.0 Å². The predicted molar refractivity (Wildman–Crippen MR) is 77.0 cm³/mol. The molecule has 20 heavy (non-hydrogen) atoms. The largest absolute Gasteiger partial charge is 0.481 e. The van der Waals surface area contributed by atoms with E-state index in [2.05, 4.69) is 15.3 Å². The van der Waals surface area contributed by atoms with Crippen LogP contribution in [0.3, 0.4) is 0 Å². The SMILES string of the molecule is COc1cc(NCC(CC(C)(C)C)C(=O)O)nc(C)n1. The van der Waals surface area contributed by atoms with E-state index in [1.165, 1.54) is 7.11 Å². The quantitative estimate of drug-likeness (QED) is 0.832. The van der Waals surface area contributed by atoms with E-state index in [9.17, 15) is 9.90 Å². The molecule has 0 amide bonds. The third-order valence-electron chi connectivity index (χ3n) is 2.76. The summed E-state index contributed by atoms with van der Waals surface area (Å²) in [6.07, 6.45) is 0.594. The number of ether oxygens (including phenoxy) is 1. The Kier molecular flexibility index (Phi) is 5.30. The molecule has 0 saturated heterocycles. The van der Waals surface area contributed by atoms with Gasteiger partial charge in [-0.1, -0.05) is 20.8 Å². The van der Waals surface area contributed by atoms with Crippen LogP contribution in [0.2, 0.25) is 0 Å². The summed E-state index contributed by atoms with van der Waals surface area (Å²) < 4.78 is 5.06. The summed E-state index contributed by atoms with van der Waals surface area (Å²) in [5, 5.41) is 12.3. The molecule has 6 nitrogen and oxygen atoms in total. The number of methoxy groups -OCH3 is 1. The summed E-state index contributed by atoms with van der Waals surface area (Å²) in [7, 11) is 1.53. The molecule has 1 aromatic heterocycles. The molecule has 0 bridgehead atoms. The van der Waals surface area contributed by atoms with Crippen LogP contribution in [0.4, 0.5) is 5.82 Å². The van der Waals surface area contributed by atoms with E-state index in [1.807, 2.05) is 20.8 Å². The molecule has 1 unspecified atom stereocenters. The fourth-order valence-electron chi connectivity index (χ4n) is 1.95. The van der Waals surface area contributed by atoms with Crippen LogP contribution >= 0.6 is 0 Å². The lowest BCUT2D eigenvalue weighted by atomic mass is 9.84. The molecule has 0 spiro atoms. The molecule has 0 aliphatic carbocycles. The maximum absolute atomic E-state index is 11.3. The highest BCUT2D eigenvalue weighted by Crippen LogP contribution is 2.25. The van der Waals surface area contributed by atoms with Gasteiger partial charge >= 0.3 is 5.97 Å². The molecule has 0 radical (unpaired) electrons. The molecular weight excluding hydrogens is 258 g/mol. The lowest BCUT2D eigenvalue weighted by molar-refractivity contribution is -0.142. The van der Waals surface area contributed by atoms with Crippen LogP contribution < -0.4 is 10.1 Å². The zero-order chi connectivity index (χ0) is 15.3. The molecule has 112 valence electrons. The average molecular weight is 281 g/mol. The Morgan fingerprint density at radius 1 is 1.45 bits per heavy atom. The van der Waals surface area contributed by atoms with Crippen molar-refractivity contribution in [2.24, 2.45) is 11.3 Å². The Labute approximate surface area is 119 Å². The van der Waals surface area contributed by atoms with Gasteiger partial charge < -0.3 is 15.2 Å². The Hall–Kier alpha value is -1.85. The number of carbonyl (C=O) groups is 1. The number of aliphatic carboxylic acids is 1. The van der Waals surface area contributed by atoms with Crippen molar-refractivity contribution in [3.05, 3.63) is 11.9 Å². The third kappa shape index (κ3) is 5.42. The number of carboxylic acid groups (broad SMARTS) is 1. The lowest BCUT2D eigenvalue weighted by Crippen LogP contribution is -2.27. The highest BCUT2D eigenvalue weighted by Gasteiger charge is 2.24. The summed E-state index contributed by atoms with van der Waals surface area (Å²) in [5.74, 6) is 0.355. The second-order valence-corrected chi connectivity index (χ2v) is 6.02. The monoisotopic (exact) mass is 281 g/mol. The lowest BCUT2D eigenvalue weighted by Gasteiger charge is -2.23. The highest BCUT2D eigenvalue weighted by atomic mass is 16.5. The number of aryl methyl sites for hydroxylation is 1. The van der Waals surface area contributed by atoms with Gasteiger partial charge in [-0.15, -0.1) is 0 Å². The number of anilines is 1. The van der Waals surface area contributed by atoms with Crippen molar-refractivity contribution < 1.29 is 14.6 Å². The van der Waals surface area contributed by atoms with E-state index >= 15 is 0 Å². The first-order chi connectivity index (χ1) is 9.21. The van der Waals surface area contributed by atoms with Crippen molar-refractivity contribution >= 4 is 11.8 Å². The molecule has 6 heteroatoms. The van der Waals surface area contributed by atoms with E-state index in [-0.39, 0.29) is 5.41 Å². The molecule has 1 rings (SSSR count). The molecular formula is C14H23N3O3. The Morgan fingerprint density at radius 2 is 2.10 bits per heavy atom. The summed E-state index contributed by atoms with van der Waals surface area (Å²) in [6, 6.07) is 1.66. The first-order valence-electron chi connectivity index (χ1n) is 6.57. The first kappa shape index (κ1) is 16.2. The zero-order valence-electron chi connectivity index (χ0n) is 12.7. The zero-order valence-corrected chi connectivity index (χ0v) is 12.7. The fraction of sp³-hybridized carbons (Fsp3) is 0.643. The Balaban J connectivity index is 2.72. The molecule has 2 N–H and O–H groups in total. The second-order valence-electron chi connectivity index (χ2n) is 6.02. The van der Waals surface area contributed by atoms with E-state index in [0.29, 0.717) is 30.5 Å². The van der Waals surface area contributed by atoms with Gasteiger partial charge in [-0.3, -0.25) is 4.79 Å². The number of carboxylic acids is 1. The number of rotatable bonds is 6. The fourth-order valence-corrected chi connectivity index (χ4v) is 1.95. The van der Waals surface area contributed by atoms with Crippen LogP contribution in [0.15, 0.2) is 6.07 Å². The standard InChI is InChI=1S/C14H23N3O3/c1-9-16-11(6-12(17-9)20-5)15-8-10(13(18)19)7-14(2,3)4/h6,10H,7-8H2,1-5H3,(H,18,19)(H,15,16,17). The van der Waals surface area contributed by atoms with Crippen molar-refractivity contribution in [1.82, 2.24) is 9.97 Å². The smallest absolute Gasteiger partial charge is 0.308 e. The van der Waals surface area contributed by atoms with Crippen molar-refractivity contribution in [3.63, 3.8) is 0 Å². The van der Waals surface area contributed by atoms with Gasteiger partial charge in [0.2, 0.25) is 5.88 Å².